The van der Waals surface area contributed by atoms with Crippen LogP contribution in [-0.4, -0.2) is 54.1 Å². The molecule has 3 rings (SSSR count). The van der Waals surface area contributed by atoms with Crippen molar-refractivity contribution in [1.29, 1.82) is 0 Å². The third kappa shape index (κ3) is 3.74. The summed E-state index contributed by atoms with van der Waals surface area (Å²) >= 11 is 0. The van der Waals surface area contributed by atoms with Crippen molar-refractivity contribution >= 4 is 16.8 Å². The highest BCUT2D eigenvalue weighted by molar-refractivity contribution is 6.00. The normalized spacial score (nSPS) is 15.1. The molecule has 0 radical (unpaired) electrons. The molecule has 0 saturated carbocycles. The number of hydrogen-bond donors (Lipinski definition) is 1. The lowest BCUT2D eigenvalue weighted by Gasteiger charge is -2.27. The van der Waals surface area contributed by atoms with E-state index in [0.29, 0.717) is 0 Å². The molecule has 0 saturated heterocycles. The number of aromatic nitrogens is 1. The predicted octanol–water partition coefficient (Wildman–Crippen LogP) is 2.25. The molecule has 1 aliphatic heterocycles. The number of fused-ring (bicyclic) bond motifs is 1. The lowest BCUT2D eigenvalue weighted by atomic mass is 10.1. The van der Waals surface area contributed by atoms with Crippen LogP contribution in [-0.2, 0) is 4.79 Å². The number of hydrogen-bond acceptors (Lipinski definition) is 3. The van der Waals surface area contributed by atoms with Gasteiger partial charge in [-0.25, -0.2) is 0 Å². The summed E-state index contributed by atoms with van der Waals surface area (Å²) in [6.45, 7) is 2.97. The Morgan fingerprint density at radius 1 is 1.26 bits per heavy atom. The van der Waals surface area contributed by atoms with Crippen LogP contribution in [0.4, 0.5) is 0 Å². The molecule has 5 heteroatoms. The molecule has 2 heterocycles. The molecule has 23 heavy (non-hydrogen) atoms. The largest absolute Gasteiger partial charge is 0.376 e. The minimum Gasteiger partial charge on any atom is -0.376 e. The fraction of sp³-hybridized carbons (Fsp3) is 0.389. The summed E-state index contributed by atoms with van der Waals surface area (Å²) in [4.78, 5) is 17.0. The van der Waals surface area contributed by atoms with Crippen LogP contribution in [0.25, 0.3) is 10.9 Å². The first kappa shape index (κ1) is 15.6. The molecule has 0 fully saturated rings. The average Bonchev–Trinajstić information content (AvgIpc) is 2.96. The Kier molecular flexibility index (Phi) is 4.67. The summed E-state index contributed by atoms with van der Waals surface area (Å²) in [6.07, 6.45) is 5.78. The fourth-order valence-corrected chi connectivity index (χ4v) is 2.86. The van der Waals surface area contributed by atoms with Gasteiger partial charge in [-0.1, -0.05) is 18.2 Å². The summed E-state index contributed by atoms with van der Waals surface area (Å²) in [5, 5.41) is 1.12. The molecule has 0 aliphatic carbocycles. The number of nitrogens with one attached hydrogen (secondary N) is 1. The summed E-state index contributed by atoms with van der Waals surface area (Å²) in [5.74, 6) is -0.0130. The van der Waals surface area contributed by atoms with Crippen molar-refractivity contribution in [2.24, 2.45) is 0 Å². The van der Waals surface area contributed by atoms with E-state index < -0.39 is 0 Å². The fourth-order valence-electron chi connectivity index (χ4n) is 2.86. The van der Waals surface area contributed by atoms with E-state index in [4.69, 9.17) is 0 Å². The Hall–Kier alpha value is -2.27. The van der Waals surface area contributed by atoms with E-state index in [0.717, 1.165) is 49.0 Å². The number of para-hydroxylation sites is 1. The maximum Gasteiger partial charge on any atom is 0.267 e. The van der Waals surface area contributed by atoms with Crippen LogP contribution in [0.1, 0.15) is 12.8 Å². The number of carbonyl (C=O) groups is 1. The number of benzene rings is 1. The van der Waals surface area contributed by atoms with E-state index in [1.807, 2.05) is 42.7 Å². The molecule has 0 bridgehead atoms. The third-order valence-electron chi connectivity index (χ3n) is 4.18. The molecule has 1 amide bonds. The number of nitrogens with zero attached hydrogens (tertiary/aromatic N) is 3. The highest BCUT2D eigenvalue weighted by atomic mass is 16.2. The third-order valence-corrected chi connectivity index (χ3v) is 4.18. The van der Waals surface area contributed by atoms with Gasteiger partial charge in [-0.15, -0.1) is 0 Å². The van der Waals surface area contributed by atoms with Gasteiger partial charge in [-0.3, -0.25) is 14.9 Å². The topological polar surface area (TPSA) is 40.5 Å². The first-order valence-electron chi connectivity index (χ1n) is 8.10. The summed E-state index contributed by atoms with van der Waals surface area (Å²) in [5.41, 5.74) is 4.86. The zero-order valence-electron chi connectivity index (χ0n) is 13.8. The Bertz CT molecular complexity index is 717. The average molecular weight is 312 g/mol. The second-order valence-electron chi connectivity index (χ2n) is 6.28. The van der Waals surface area contributed by atoms with E-state index in [2.05, 4.69) is 29.3 Å². The lowest BCUT2D eigenvalue weighted by Crippen LogP contribution is -2.33. The van der Waals surface area contributed by atoms with Crippen LogP contribution in [0.3, 0.4) is 0 Å². The van der Waals surface area contributed by atoms with Gasteiger partial charge in [0.15, 0.2) is 0 Å². The Labute approximate surface area is 137 Å². The zero-order valence-corrected chi connectivity index (χ0v) is 13.8. The molecular formula is C18H24N4O. The molecule has 0 atom stereocenters. The van der Waals surface area contributed by atoms with Gasteiger partial charge in [-0.05, 0) is 39.1 Å². The van der Waals surface area contributed by atoms with E-state index in [1.165, 1.54) is 0 Å². The van der Waals surface area contributed by atoms with Gasteiger partial charge in [0.25, 0.3) is 5.91 Å². The smallest absolute Gasteiger partial charge is 0.267 e. The van der Waals surface area contributed by atoms with Gasteiger partial charge in [0.05, 0.1) is 5.52 Å². The minimum absolute atomic E-state index is 0.0130. The second kappa shape index (κ2) is 6.87. The van der Waals surface area contributed by atoms with Gasteiger partial charge >= 0.3 is 0 Å². The summed E-state index contributed by atoms with van der Waals surface area (Å²) < 4.78 is 1.80. The Morgan fingerprint density at radius 3 is 2.91 bits per heavy atom. The van der Waals surface area contributed by atoms with E-state index >= 15 is 0 Å². The molecule has 2 aromatic rings. The number of amides is 1. The van der Waals surface area contributed by atoms with Crippen molar-refractivity contribution in [3.8, 4) is 0 Å². The van der Waals surface area contributed by atoms with E-state index in [1.54, 1.807) is 4.68 Å². The zero-order chi connectivity index (χ0) is 16.2. The summed E-state index contributed by atoms with van der Waals surface area (Å²) in [7, 11) is 4.14. The van der Waals surface area contributed by atoms with Gasteiger partial charge in [0.1, 0.15) is 0 Å². The Balaban J connectivity index is 1.69. The first-order chi connectivity index (χ1) is 11.1. The van der Waals surface area contributed by atoms with Gasteiger partial charge in [-0.2, -0.15) is 0 Å². The minimum atomic E-state index is -0.0130. The van der Waals surface area contributed by atoms with Crippen LogP contribution in [0, 0.1) is 0 Å². The highest BCUT2D eigenvalue weighted by Crippen LogP contribution is 2.17. The van der Waals surface area contributed by atoms with Crippen LogP contribution >= 0.6 is 0 Å². The molecule has 0 unspecified atom stereocenters. The molecule has 122 valence electrons. The molecule has 1 aromatic heterocycles. The van der Waals surface area contributed by atoms with Gasteiger partial charge in [0.2, 0.25) is 0 Å². The Morgan fingerprint density at radius 2 is 2.09 bits per heavy atom. The van der Waals surface area contributed by atoms with Crippen molar-refractivity contribution in [2.45, 2.75) is 12.8 Å². The molecule has 0 spiro atoms. The van der Waals surface area contributed by atoms with Crippen LogP contribution < -0.4 is 5.43 Å². The maximum atomic E-state index is 12.6. The number of carbonyl (C=O) groups excluding carboxylic acids is 1. The maximum absolute atomic E-state index is 12.6. The first-order valence-corrected chi connectivity index (χ1v) is 8.10. The molecular weight excluding hydrogens is 288 g/mol. The van der Waals surface area contributed by atoms with E-state index in [-0.39, 0.29) is 5.91 Å². The van der Waals surface area contributed by atoms with Gasteiger partial charge < -0.3 is 9.80 Å². The molecule has 1 N–H and O–H groups in total. The predicted molar refractivity (Wildman–Crippen MR) is 93.7 cm³/mol. The van der Waals surface area contributed by atoms with Crippen molar-refractivity contribution in [3.05, 3.63) is 48.3 Å². The molecule has 1 aliphatic rings. The van der Waals surface area contributed by atoms with Crippen molar-refractivity contribution < 1.29 is 4.79 Å². The lowest BCUT2D eigenvalue weighted by molar-refractivity contribution is -0.114. The SMILES string of the molecule is CN(C)CCN1C=C(C(=O)Nn2ccc3ccccc32)CCC1. The van der Waals surface area contributed by atoms with E-state index in [9.17, 15) is 4.79 Å². The monoisotopic (exact) mass is 312 g/mol. The van der Waals surface area contributed by atoms with Crippen molar-refractivity contribution in [3.63, 3.8) is 0 Å². The quantitative estimate of drug-likeness (QED) is 0.920. The van der Waals surface area contributed by atoms with Crippen LogP contribution in [0.5, 0.6) is 0 Å². The van der Waals surface area contributed by atoms with Gasteiger partial charge in [0, 0.05) is 43.0 Å². The number of likely N-dealkylation sites (N-methyl/N-ethyl adjacent to an activating group) is 1. The van der Waals surface area contributed by atoms with Crippen molar-refractivity contribution in [2.75, 3.05) is 39.2 Å². The second-order valence-corrected chi connectivity index (χ2v) is 6.28. The highest BCUT2D eigenvalue weighted by Gasteiger charge is 2.17. The number of rotatable bonds is 5. The standard InChI is InChI=1S/C18H24N4O/c1-20(2)12-13-21-10-5-7-16(14-21)18(23)19-22-11-9-15-6-3-4-8-17(15)22/h3-4,6,8-9,11,14H,5,7,10,12-13H2,1-2H3,(H,19,23). The summed E-state index contributed by atoms with van der Waals surface area (Å²) in [6, 6.07) is 10.0. The molecule has 1 aromatic carbocycles. The molecule has 5 nitrogen and oxygen atoms in total. The van der Waals surface area contributed by atoms with Crippen LogP contribution in [0.15, 0.2) is 48.3 Å². The van der Waals surface area contributed by atoms with Crippen LogP contribution in [0.2, 0.25) is 0 Å². The van der Waals surface area contributed by atoms with Crippen molar-refractivity contribution in [1.82, 2.24) is 14.5 Å².